The van der Waals surface area contributed by atoms with E-state index in [1.807, 2.05) is 36.3 Å². The highest BCUT2D eigenvalue weighted by molar-refractivity contribution is 6.31. The lowest BCUT2D eigenvalue weighted by Gasteiger charge is -2.27. The van der Waals surface area contributed by atoms with E-state index in [1.165, 1.54) is 17.7 Å². The van der Waals surface area contributed by atoms with Crippen LogP contribution in [0.4, 0.5) is 5.69 Å². The van der Waals surface area contributed by atoms with Crippen LogP contribution in [0, 0.1) is 0 Å². The average molecular weight is 313 g/mol. The maximum Gasteiger partial charge on any atom is 0.0737 e. The summed E-state index contributed by atoms with van der Waals surface area (Å²) in [5, 5.41) is 6.20. The van der Waals surface area contributed by atoms with Gasteiger partial charge in [-0.1, -0.05) is 11.6 Å². The van der Waals surface area contributed by atoms with Crippen LogP contribution in [0.15, 0.2) is 42.9 Å². The van der Waals surface area contributed by atoms with Gasteiger partial charge in [-0.25, -0.2) is 0 Å². The van der Waals surface area contributed by atoms with Crippen molar-refractivity contribution in [1.29, 1.82) is 0 Å². The summed E-state index contributed by atoms with van der Waals surface area (Å²) in [6.45, 7) is 1.06. The molecular formula is C17H17ClN4. The number of hydrogen-bond acceptors (Lipinski definition) is 3. The minimum absolute atomic E-state index is 0.384. The van der Waals surface area contributed by atoms with Crippen molar-refractivity contribution < 1.29 is 0 Å². The molecule has 1 aliphatic heterocycles. The highest BCUT2D eigenvalue weighted by Crippen LogP contribution is 2.39. The summed E-state index contributed by atoms with van der Waals surface area (Å²) >= 11 is 6.09. The van der Waals surface area contributed by atoms with E-state index in [0.717, 1.165) is 28.9 Å². The number of halogens is 1. The Hall–Kier alpha value is -2.07. The van der Waals surface area contributed by atoms with Crippen LogP contribution in [-0.2, 0) is 7.05 Å². The molecule has 22 heavy (non-hydrogen) atoms. The van der Waals surface area contributed by atoms with E-state index < -0.39 is 0 Å². The molecule has 1 unspecified atom stereocenters. The number of nitrogens with zero attached hydrogens (tertiary/aromatic N) is 4. The minimum atomic E-state index is 0.384. The third kappa shape index (κ3) is 2.24. The van der Waals surface area contributed by atoms with E-state index in [1.54, 1.807) is 0 Å². The van der Waals surface area contributed by atoms with Gasteiger partial charge in [-0.15, -0.1) is 0 Å². The predicted octanol–water partition coefficient (Wildman–Crippen LogP) is 3.96. The third-order valence-corrected chi connectivity index (χ3v) is 4.59. The fourth-order valence-corrected chi connectivity index (χ4v) is 3.54. The largest absolute Gasteiger partial charge is 0.364 e. The molecule has 0 radical (unpaired) electrons. The van der Waals surface area contributed by atoms with Crippen molar-refractivity contribution in [3.05, 3.63) is 53.4 Å². The highest BCUT2D eigenvalue weighted by atomic mass is 35.5. The highest BCUT2D eigenvalue weighted by Gasteiger charge is 2.28. The maximum absolute atomic E-state index is 6.09. The second-order valence-corrected chi connectivity index (χ2v) is 6.23. The molecule has 0 N–H and O–H groups in total. The second kappa shape index (κ2) is 5.29. The number of benzene rings is 1. The molecule has 0 amide bonds. The van der Waals surface area contributed by atoms with Gasteiger partial charge in [0.2, 0.25) is 0 Å². The average Bonchev–Trinajstić information content (AvgIpc) is 3.14. The number of aryl methyl sites for hydroxylation is 1. The first-order valence-corrected chi connectivity index (χ1v) is 7.89. The molecule has 2 aromatic heterocycles. The summed E-state index contributed by atoms with van der Waals surface area (Å²) in [7, 11) is 1.96. The molecule has 4 rings (SSSR count). The number of rotatable bonds is 2. The van der Waals surface area contributed by atoms with Crippen molar-refractivity contribution in [2.75, 3.05) is 11.4 Å². The van der Waals surface area contributed by atoms with Gasteiger partial charge in [0.1, 0.15) is 0 Å². The molecule has 0 spiro atoms. The summed E-state index contributed by atoms with van der Waals surface area (Å²) in [6.07, 6.45) is 8.30. The minimum Gasteiger partial charge on any atom is -0.364 e. The van der Waals surface area contributed by atoms with Crippen LogP contribution in [0.2, 0.25) is 5.02 Å². The molecule has 3 aromatic rings. The molecule has 4 nitrogen and oxygen atoms in total. The lowest BCUT2D eigenvalue weighted by Crippen LogP contribution is -2.22. The van der Waals surface area contributed by atoms with Crippen LogP contribution in [0.1, 0.15) is 24.4 Å². The van der Waals surface area contributed by atoms with Crippen molar-refractivity contribution in [1.82, 2.24) is 14.8 Å². The van der Waals surface area contributed by atoms with Gasteiger partial charge < -0.3 is 4.90 Å². The fourth-order valence-electron chi connectivity index (χ4n) is 3.37. The molecule has 0 bridgehead atoms. The number of aromatic nitrogens is 3. The predicted molar refractivity (Wildman–Crippen MR) is 89.3 cm³/mol. The van der Waals surface area contributed by atoms with Crippen LogP contribution >= 0.6 is 11.6 Å². The zero-order valence-electron chi connectivity index (χ0n) is 12.4. The molecule has 0 saturated carbocycles. The summed E-state index contributed by atoms with van der Waals surface area (Å²) in [5.74, 6) is 0. The van der Waals surface area contributed by atoms with Crippen LogP contribution < -0.4 is 4.90 Å². The van der Waals surface area contributed by atoms with Crippen molar-refractivity contribution in [2.45, 2.75) is 18.9 Å². The van der Waals surface area contributed by atoms with E-state index in [4.69, 9.17) is 11.6 Å². The van der Waals surface area contributed by atoms with E-state index >= 15 is 0 Å². The number of pyridine rings is 1. The first-order valence-electron chi connectivity index (χ1n) is 7.52. The van der Waals surface area contributed by atoms with Crippen LogP contribution in [0.5, 0.6) is 0 Å². The number of hydrogen-bond donors (Lipinski definition) is 0. The third-order valence-electron chi connectivity index (χ3n) is 4.35. The molecule has 1 aromatic carbocycles. The number of fused-ring (bicyclic) bond motifs is 1. The fraction of sp³-hybridized carbons (Fsp3) is 0.294. The Morgan fingerprint density at radius 2 is 2.18 bits per heavy atom. The Kier molecular flexibility index (Phi) is 3.26. The van der Waals surface area contributed by atoms with Crippen LogP contribution in [-0.4, -0.2) is 21.3 Å². The van der Waals surface area contributed by atoms with Gasteiger partial charge in [-0.05, 0) is 37.1 Å². The lowest BCUT2D eigenvalue weighted by atomic mass is 10.1. The Balaban J connectivity index is 1.80. The van der Waals surface area contributed by atoms with Crippen molar-refractivity contribution in [3.63, 3.8) is 0 Å². The molecule has 1 aliphatic rings. The van der Waals surface area contributed by atoms with Crippen LogP contribution in [0.25, 0.3) is 10.9 Å². The van der Waals surface area contributed by atoms with Crippen molar-refractivity contribution in [3.8, 4) is 0 Å². The monoisotopic (exact) mass is 312 g/mol. The molecule has 1 saturated heterocycles. The maximum atomic E-state index is 6.09. The van der Waals surface area contributed by atoms with Gasteiger partial charge >= 0.3 is 0 Å². The summed E-state index contributed by atoms with van der Waals surface area (Å²) in [6, 6.07) is 8.42. The second-order valence-electron chi connectivity index (χ2n) is 5.79. The molecule has 1 fully saturated rings. The Labute approximate surface area is 134 Å². The van der Waals surface area contributed by atoms with Gasteiger partial charge in [-0.2, -0.15) is 5.10 Å². The zero-order chi connectivity index (χ0) is 15.1. The Morgan fingerprint density at radius 1 is 1.27 bits per heavy atom. The summed E-state index contributed by atoms with van der Waals surface area (Å²) in [4.78, 5) is 6.92. The lowest BCUT2D eigenvalue weighted by molar-refractivity contribution is 0.716. The molecule has 0 aliphatic carbocycles. The molecule has 3 heterocycles. The van der Waals surface area contributed by atoms with Crippen molar-refractivity contribution >= 4 is 28.2 Å². The summed E-state index contributed by atoms with van der Waals surface area (Å²) < 4.78 is 1.87. The van der Waals surface area contributed by atoms with Crippen molar-refractivity contribution in [2.24, 2.45) is 7.05 Å². The van der Waals surface area contributed by atoms with Gasteiger partial charge in [0.25, 0.3) is 0 Å². The number of anilines is 1. The first kappa shape index (κ1) is 13.6. The quantitative estimate of drug-likeness (QED) is 0.718. The van der Waals surface area contributed by atoms with Gasteiger partial charge in [0.05, 0.1) is 17.8 Å². The van der Waals surface area contributed by atoms with Gasteiger partial charge in [-0.3, -0.25) is 9.67 Å². The Bertz CT molecular complexity index is 826. The van der Waals surface area contributed by atoms with Gasteiger partial charge in [0, 0.05) is 47.6 Å². The zero-order valence-corrected chi connectivity index (χ0v) is 13.2. The Morgan fingerprint density at radius 3 is 3.00 bits per heavy atom. The first-order chi connectivity index (χ1) is 10.7. The standard InChI is InChI=1S/C17H17ClN4/c1-21-11-12(10-20-21)16-3-2-8-22(16)17-6-7-19-15-9-13(18)4-5-14(15)17/h4-7,9-11,16H,2-3,8H2,1H3. The summed E-state index contributed by atoms with van der Waals surface area (Å²) in [5.41, 5.74) is 3.45. The van der Waals surface area contributed by atoms with E-state index in [9.17, 15) is 0 Å². The topological polar surface area (TPSA) is 34.0 Å². The smallest absolute Gasteiger partial charge is 0.0737 e. The van der Waals surface area contributed by atoms with E-state index in [-0.39, 0.29) is 0 Å². The van der Waals surface area contributed by atoms with Gasteiger partial charge in [0.15, 0.2) is 0 Å². The molecular weight excluding hydrogens is 296 g/mol. The molecule has 1 atom stereocenters. The van der Waals surface area contributed by atoms with E-state index in [0.29, 0.717) is 6.04 Å². The molecule has 5 heteroatoms. The molecule has 112 valence electrons. The SMILES string of the molecule is Cn1cc(C2CCCN2c2ccnc3cc(Cl)ccc23)cn1. The normalized spacial score (nSPS) is 18.3. The van der Waals surface area contributed by atoms with E-state index in [2.05, 4.69) is 33.3 Å². The van der Waals surface area contributed by atoms with Crippen LogP contribution in [0.3, 0.4) is 0 Å².